The lowest BCUT2D eigenvalue weighted by Crippen LogP contribution is -2.54. The standard InChI is InChI=1S/C10H14Br2N2O3/c11-7-1-8(12)9(13-2-7)3-14-10(4-15,5-16)6-17/h1-2,14-17H,3-6H2. The monoisotopic (exact) mass is 368 g/mol. The molecule has 1 aromatic rings. The van der Waals surface area contributed by atoms with Crippen LogP contribution < -0.4 is 5.32 Å². The largest absolute Gasteiger partial charge is 0.394 e. The summed E-state index contributed by atoms with van der Waals surface area (Å²) in [5.74, 6) is 0. The lowest BCUT2D eigenvalue weighted by Gasteiger charge is -2.28. The van der Waals surface area contributed by atoms with Crippen molar-refractivity contribution < 1.29 is 15.3 Å². The van der Waals surface area contributed by atoms with E-state index in [1.54, 1.807) is 6.20 Å². The van der Waals surface area contributed by atoms with Crippen LogP contribution in [0.2, 0.25) is 0 Å². The van der Waals surface area contributed by atoms with E-state index in [0.29, 0.717) is 6.54 Å². The number of hydrogen-bond acceptors (Lipinski definition) is 5. The summed E-state index contributed by atoms with van der Waals surface area (Å²) in [6.07, 6.45) is 1.65. The zero-order chi connectivity index (χ0) is 12.9. The zero-order valence-corrected chi connectivity index (χ0v) is 12.2. The van der Waals surface area contributed by atoms with Crippen LogP contribution in [0.1, 0.15) is 5.69 Å². The molecular weight excluding hydrogens is 356 g/mol. The normalized spacial score (nSPS) is 11.8. The molecule has 0 aliphatic carbocycles. The third-order valence-electron chi connectivity index (χ3n) is 2.42. The minimum absolute atomic E-state index is 0.329. The Morgan fingerprint density at radius 3 is 2.24 bits per heavy atom. The van der Waals surface area contributed by atoms with Crippen molar-refractivity contribution in [2.75, 3.05) is 19.8 Å². The molecule has 0 saturated heterocycles. The molecule has 17 heavy (non-hydrogen) atoms. The second-order valence-corrected chi connectivity index (χ2v) is 5.46. The number of hydrogen-bond donors (Lipinski definition) is 4. The number of rotatable bonds is 6. The maximum atomic E-state index is 9.15. The molecule has 0 bridgehead atoms. The molecule has 96 valence electrons. The SMILES string of the molecule is OCC(CO)(CO)NCc1ncc(Br)cc1Br. The Kier molecular flexibility index (Phi) is 5.98. The quantitative estimate of drug-likeness (QED) is 0.583. The highest BCUT2D eigenvalue weighted by Gasteiger charge is 2.27. The van der Waals surface area contributed by atoms with Crippen LogP contribution in [0.15, 0.2) is 21.2 Å². The van der Waals surface area contributed by atoms with Gasteiger partial charge in [0, 0.05) is 21.7 Å². The number of aliphatic hydroxyl groups excluding tert-OH is 3. The van der Waals surface area contributed by atoms with Crippen molar-refractivity contribution in [1.82, 2.24) is 10.3 Å². The van der Waals surface area contributed by atoms with Gasteiger partial charge in [0.25, 0.3) is 0 Å². The van der Waals surface area contributed by atoms with Gasteiger partial charge in [0.15, 0.2) is 0 Å². The van der Waals surface area contributed by atoms with Crippen LogP contribution in [0.25, 0.3) is 0 Å². The summed E-state index contributed by atoms with van der Waals surface area (Å²) in [5.41, 5.74) is -0.360. The summed E-state index contributed by atoms with van der Waals surface area (Å²) in [5, 5.41) is 30.3. The third kappa shape index (κ3) is 3.97. The first-order chi connectivity index (χ1) is 8.06. The molecule has 0 unspecified atom stereocenters. The van der Waals surface area contributed by atoms with Crippen molar-refractivity contribution >= 4 is 31.9 Å². The van der Waals surface area contributed by atoms with Crippen LogP contribution in [-0.2, 0) is 6.54 Å². The summed E-state index contributed by atoms with van der Waals surface area (Å²) < 4.78 is 1.66. The molecule has 0 spiro atoms. The van der Waals surface area contributed by atoms with E-state index in [9.17, 15) is 0 Å². The average Bonchev–Trinajstić information content (AvgIpc) is 2.33. The summed E-state index contributed by atoms with van der Waals surface area (Å²) in [6, 6.07) is 1.85. The average molecular weight is 370 g/mol. The van der Waals surface area contributed by atoms with Crippen molar-refractivity contribution in [3.63, 3.8) is 0 Å². The van der Waals surface area contributed by atoms with Crippen LogP contribution in [0.4, 0.5) is 0 Å². The smallest absolute Gasteiger partial charge is 0.0884 e. The lowest BCUT2D eigenvalue weighted by molar-refractivity contribution is 0.0411. The molecule has 1 aromatic heterocycles. The van der Waals surface area contributed by atoms with E-state index in [2.05, 4.69) is 42.2 Å². The van der Waals surface area contributed by atoms with E-state index < -0.39 is 5.54 Å². The van der Waals surface area contributed by atoms with Crippen LogP contribution >= 0.6 is 31.9 Å². The molecule has 0 saturated carbocycles. The molecule has 1 rings (SSSR count). The Morgan fingerprint density at radius 1 is 1.18 bits per heavy atom. The van der Waals surface area contributed by atoms with E-state index in [1.807, 2.05) is 6.07 Å². The van der Waals surface area contributed by atoms with Gasteiger partial charge in [0.05, 0.1) is 31.1 Å². The highest BCUT2D eigenvalue weighted by molar-refractivity contribution is 9.11. The van der Waals surface area contributed by atoms with E-state index in [1.165, 1.54) is 0 Å². The van der Waals surface area contributed by atoms with Crippen molar-refractivity contribution in [3.05, 3.63) is 26.9 Å². The molecule has 0 aliphatic rings. The minimum atomic E-state index is -1.09. The van der Waals surface area contributed by atoms with Crippen molar-refractivity contribution in [1.29, 1.82) is 0 Å². The molecule has 4 N–H and O–H groups in total. The number of nitrogens with one attached hydrogen (secondary N) is 1. The molecule has 0 aromatic carbocycles. The number of aliphatic hydroxyl groups is 3. The Labute approximate surface area is 116 Å². The van der Waals surface area contributed by atoms with Crippen molar-refractivity contribution in [2.45, 2.75) is 12.1 Å². The molecule has 0 amide bonds. The fourth-order valence-corrected chi connectivity index (χ4v) is 2.29. The van der Waals surface area contributed by atoms with Gasteiger partial charge in [-0.25, -0.2) is 0 Å². The molecule has 7 heteroatoms. The molecule has 0 atom stereocenters. The minimum Gasteiger partial charge on any atom is -0.394 e. The van der Waals surface area contributed by atoms with Gasteiger partial charge in [0.2, 0.25) is 0 Å². The molecule has 0 fully saturated rings. The van der Waals surface area contributed by atoms with Gasteiger partial charge in [-0.3, -0.25) is 10.3 Å². The molecule has 0 aliphatic heterocycles. The second kappa shape index (κ2) is 6.77. The van der Waals surface area contributed by atoms with Crippen LogP contribution in [0, 0.1) is 0 Å². The number of halogens is 2. The van der Waals surface area contributed by atoms with Crippen molar-refractivity contribution in [2.24, 2.45) is 0 Å². The fourth-order valence-electron chi connectivity index (χ4n) is 1.16. The Hall–Kier alpha value is -0.0500. The molecular formula is C10H14Br2N2O3. The van der Waals surface area contributed by atoms with Gasteiger partial charge in [-0.05, 0) is 37.9 Å². The second-order valence-electron chi connectivity index (χ2n) is 3.69. The predicted octanol–water partition coefficient (Wildman–Crippen LogP) is 0.412. The fraction of sp³-hybridized carbons (Fsp3) is 0.500. The van der Waals surface area contributed by atoms with E-state index in [4.69, 9.17) is 15.3 Å². The van der Waals surface area contributed by atoms with Crippen LogP contribution in [0.5, 0.6) is 0 Å². The number of pyridine rings is 1. The topological polar surface area (TPSA) is 85.6 Å². The first-order valence-corrected chi connectivity index (χ1v) is 6.53. The van der Waals surface area contributed by atoms with Gasteiger partial charge in [0.1, 0.15) is 0 Å². The molecule has 0 radical (unpaired) electrons. The van der Waals surface area contributed by atoms with Gasteiger partial charge in [-0.2, -0.15) is 0 Å². The third-order valence-corrected chi connectivity index (χ3v) is 3.54. The van der Waals surface area contributed by atoms with E-state index in [-0.39, 0.29) is 19.8 Å². The lowest BCUT2D eigenvalue weighted by atomic mass is 10.0. The number of nitrogens with zero attached hydrogens (tertiary/aromatic N) is 1. The Balaban J connectivity index is 2.72. The summed E-state index contributed by atoms with van der Waals surface area (Å²) in [4.78, 5) is 4.18. The highest BCUT2D eigenvalue weighted by Crippen LogP contribution is 2.19. The van der Waals surface area contributed by atoms with Gasteiger partial charge < -0.3 is 15.3 Å². The molecule has 1 heterocycles. The summed E-state index contributed by atoms with van der Waals surface area (Å²) in [7, 11) is 0. The first-order valence-electron chi connectivity index (χ1n) is 4.94. The first kappa shape index (κ1) is 15.0. The van der Waals surface area contributed by atoms with Gasteiger partial charge in [-0.1, -0.05) is 0 Å². The van der Waals surface area contributed by atoms with Gasteiger partial charge in [-0.15, -0.1) is 0 Å². The van der Waals surface area contributed by atoms with Crippen molar-refractivity contribution in [3.8, 4) is 0 Å². The highest BCUT2D eigenvalue weighted by atomic mass is 79.9. The number of aromatic nitrogens is 1. The summed E-state index contributed by atoms with van der Waals surface area (Å²) in [6.45, 7) is -0.730. The maximum absolute atomic E-state index is 9.15. The van der Waals surface area contributed by atoms with E-state index >= 15 is 0 Å². The van der Waals surface area contributed by atoms with Gasteiger partial charge >= 0.3 is 0 Å². The van der Waals surface area contributed by atoms with Crippen LogP contribution in [-0.4, -0.2) is 45.7 Å². The Bertz CT molecular complexity index is 364. The zero-order valence-electron chi connectivity index (χ0n) is 9.03. The van der Waals surface area contributed by atoms with E-state index in [0.717, 1.165) is 14.6 Å². The Morgan fingerprint density at radius 2 is 1.76 bits per heavy atom. The molecule has 5 nitrogen and oxygen atoms in total. The predicted molar refractivity (Wildman–Crippen MR) is 70.5 cm³/mol. The summed E-state index contributed by atoms with van der Waals surface area (Å²) >= 11 is 6.66. The van der Waals surface area contributed by atoms with Crippen LogP contribution in [0.3, 0.4) is 0 Å². The maximum Gasteiger partial charge on any atom is 0.0884 e.